The van der Waals surface area contributed by atoms with E-state index in [0.29, 0.717) is 55.5 Å². The summed E-state index contributed by atoms with van der Waals surface area (Å²) in [5.74, 6) is 1.09. The lowest BCUT2D eigenvalue weighted by Gasteiger charge is -2.28. The van der Waals surface area contributed by atoms with Crippen molar-refractivity contribution in [2.75, 3.05) is 37.8 Å². The van der Waals surface area contributed by atoms with Crippen molar-refractivity contribution in [3.8, 4) is 11.8 Å². The Morgan fingerprint density at radius 1 is 1.43 bits per heavy atom. The first-order chi connectivity index (χ1) is 10.7. The van der Waals surface area contributed by atoms with Crippen LogP contribution in [0.3, 0.4) is 0 Å². The van der Waals surface area contributed by atoms with Gasteiger partial charge in [-0.25, -0.2) is 9.97 Å². The highest BCUT2D eigenvalue weighted by molar-refractivity contribution is 5.79. The van der Waals surface area contributed by atoms with Gasteiger partial charge in [-0.1, -0.05) is 0 Å². The fourth-order valence-electron chi connectivity index (χ4n) is 2.28. The molecule has 0 amide bonds. The second-order valence-electron chi connectivity index (χ2n) is 4.61. The first kappa shape index (κ1) is 12.4. The van der Waals surface area contributed by atoms with Crippen LogP contribution in [0.5, 0.6) is 5.75 Å². The van der Waals surface area contributed by atoms with Crippen LogP contribution in [0, 0.1) is 11.3 Å². The van der Waals surface area contributed by atoms with Gasteiger partial charge in [0.25, 0.3) is 0 Å². The zero-order valence-corrected chi connectivity index (χ0v) is 11.8. The van der Waals surface area contributed by atoms with E-state index in [9.17, 15) is 5.26 Å². The molecule has 0 unspecified atom stereocenters. The average Bonchev–Trinajstić information content (AvgIpc) is 2.55. The molecule has 108 valence electrons. The van der Waals surface area contributed by atoms with Crippen molar-refractivity contribution >= 4 is 16.9 Å². The summed E-state index contributed by atoms with van der Waals surface area (Å²) < 4.78 is 18.9. The van der Waals surface area contributed by atoms with Crippen molar-refractivity contribution in [1.82, 2.24) is 9.97 Å². The van der Waals surface area contributed by atoms with Gasteiger partial charge < -0.3 is 14.4 Å². The predicted molar refractivity (Wildman–Crippen MR) is 78.5 cm³/mol. The molecule has 0 saturated carbocycles. The lowest BCUT2D eigenvalue weighted by molar-refractivity contribution is 0.122. The summed E-state index contributed by atoms with van der Waals surface area (Å²) in [5.41, 5.74) is 1.25. The Balaban J connectivity index is 2.12. The molecule has 2 heterocycles. The second kappa shape index (κ2) is 5.94. The van der Waals surface area contributed by atoms with Crippen LogP contribution in [-0.2, 0) is 4.74 Å². The van der Waals surface area contributed by atoms with Gasteiger partial charge in [0.15, 0.2) is 11.5 Å². The van der Waals surface area contributed by atoms with Gasteiger partial charge in [0.2, 0.25) is 0 Å². The number of nitrogens with zero attached hydrogens (tertiary/aromatic N) is 4. The quantitative estimate of drug-likeness (QED) is 0.855. The molecule has 1 aromatic carbocycles. The smallest absolute Gasteiger partial charge is 0.183 e. The van der Waals surface area contributed by atoms with Crippen LogP contribution < -0.4 is 9.64 Å². The van der Waals surface area contributed by atoms with E-state index < -0.39 is 0 Å². The minimum atomic E-state index is 0.243. The molecule has 6 heteroatoms. The van der Waals surface area contributed by atoms with Gasteiger partial charge in [-0.2, -0.15) is 5.26 Å². The first-order valence-electron chi connectivity index (χ1n) is 7.41. The first-order valence-corrected chi connectivity index (χ1v) is 6.91. The number of aromatic nitrogens is 2. The van der Waals surface area contributed by atoms with Gasteiger partial charge in [0, 0.05) is 19.2 Å². The van der Waals surface area contributed by atoms with Crippen LogP contribution >= 0.6 is 0 Å². The molecule has 6 nitrogen and oxygen atoms in total. The van der Waals surface area contributed by atoms with Gasteiger partial charge in [0.05, 0.1) is 32.2 Å². The SMILES string of the molecule is [2H]c1cc(OCC)cc2nc(C#N)c(N3CCOCC3)nc12. The van der Waals surface area contributed by atoms with Crippen LogP contribution in [-0.4, -0.2) is 42.9 Å². The Labute approximate surface area is 124 Å². The topological polar surface area (TPSA) is 71.3 Å². The maximum atomic E-state index is 9.36. The number of fused-ring (bicyclic) bond motifs is 1. The molecule has 21 heavy (non-hydrogen) atoms. The van der Waals surface area contributed by atoms with Gasteiger partial charge in [-0.3, -0.25) is 0 Å². The van der Waals surface area contributed by atoms with E-state index in [1.807, 2.05) is 11.8 Å². The predicted octanol–water partition coefficient (Wildman–Crippen LogP) is 1.74. The van der Waals surface area contributed by atoms with Gasteiger partial charge in [-0.05, 0) is 19.0 Å². The Morgan fingerprint density at radius 2 is 2.24 bits per heavy atom. The van der Waals surface area contributed by atoms with E-state index >= 15 is 0 Å². The largest absolute Gasteiger partial charge is 0.494 e. The molecule has 0 radical (unpaired) electrons. The van der Waals surface area contributed by atoms with Crippen molar-refractivity contribution in [3.63, 3.8) is 0 Å². The molecular formula is C15H16N4O2. The van der Waals surface area contributed by atoms with E-state index in [0.717, 1.165) is 0 Å². The highest BCUT2D eigenvalue weighted by atomic mass is 16.5. The summed E-state index contributed by atoms with van der Waals surface area (Å²) in [6, 6.07) is 5.68. The molecule has 2 aromatic rings. The Bertz CT molecular complexity index is 738. The number of rotatable bonds is 3. The molecule has 1 aromatic heterocycles. The number of hydrogen-bond acceptors (Lipinski definition) is 6. The van der Waals surface area contributed by atoms with Crippen molar-refractivity contribution < 1.29 is 10.8 Å². The number of morpholine rings is 1. The van der Waals surface area contributed by atoms with Gasteiger partial charge in [-0.15, -0.1) is 0 Å². The number of ether oxygens (including phenoxy) is 2. The van der Waals surface area contributed by atoms with Crippen molar-refractivity contribution in [2.45, 2.75) is 6.92 Å². The van der Waals surface area contributed by atoms with Gasteiger partial charge >= 0.3 is 0 Å². The zero-order chi connectivity index (χ0) is 15.5. The third-order valence-electron chi connectivity index (χ3n) is 3.26. The molecule has 1 aliphatic heterocycles. The summed E-state index contributed by atoms with van der Waals surface area (Å²) in [7, 11) is 0. The van der Waals surface area contributed by atoms with E-state index in [1.54, 1.807) is 12.1 Å². The Hall–Kier alpha value is -2.39. The minimum Gasteiger partial charge on any atom is -0.494 e. The van der Waals surface area contributed by atoms with Crippen LogP contribution in [0.1, 0.15) is 14.0 Å². The summed E-state index contributed by atoms with van der Waals surface area (Å²) in [6.45, 7) is 4.92. The lowest BCUT2D eigenvalue weighted by Crippen LogP contribution is -2.37. The highest BCUT2D eigenvalue weighted by Crippen LogP contribution is 2.24. The lowest BCUT2D eigenvalue weighted by atomic mass is 10.2. The summed E-state index contributed by atoms with van der Waals surface area (Å²) in [6.07, 6.45) is 0. The van der Waals surface area contributed by atoms with Crippen LogP contribution in [0.15, 0.2) is 18.2 Å². The van der Waals surface area contributed by atoms with Crippen LogP contribution in [0.4, 0.5) is 5.82 Å². The van der Waals surface area contributed by atoms with Crippen molar-refractivity contribution in [3.05, 3.63) is 23.9 Å². The van der Waals surface area contributed by atoms with Crippen molar-refractivity contribution in [2.24, 2.45) is 0 Å². The molecule has 1 fully saturated rings. The summed E-state index contributed by atoms with van der Waals surface area (Å²) in [4.78, 5) is 10.9. The third kappa shape index (κ3) is 2.73. The van der Waals surface area contributed by atoms with Gasteiger partial charge in [0.1, 0.15) is 11.8 Å². The standard InChI is InChI=1S/C15H16N4O2/c1-2-21-11-3-4-12-13(9-11)17-14(10-16)15(18-12)19-5-7-20-8-6-19/h3-4,9H,2,5-8H2,1H3/i4D. The molecule has 0 spiro atoms. The molecule has 0 N–H and O–H groups in total. The second-order valence-corrected chi connectivity index (χ2v) is 4.61. The van der Waals surface area contributed by atoms with E-state index in [2.05, 4.69) is 16.0 Å². The number of anilines is 1. The number of nitriles is 1. The molecule has 0 bridgehead atoms. The molecule has 0 aliphatic carbocycles. The fourth-order valence-corrected chi connectivity index (χ4v) is 2.28. The molecule has 3 rings (SSSR count). The van der Waals surface area contributed by atoms with Crippen molar-refractivity contribution in [1.29, 1.82) is 5.26 Å². The third-order valence-corrected chi connectivity index (χ3v) is 3.26. The molecular weight excluding hydrogens is 268 g/mol. The normalized spacial score (nSPS) is 15.6. The maximum Gasteiger partial charge on any atom is 0.183 e. The van der Waals surface area contributed by atoms with Crippen LogP contribution in [0.2, 0.25) is 0 Å². The molecule has 1 aliphatic rings. The maximum absolute atomic E-state index is 9.36. The Morgan fingerprint density at radius 3 is 2.95 bits per heavy atom. The monoisotopic (exact) mass is 285 g/mol. The number of hydrogen-bond donors (Lipinski definition) is 0. The molecule has 0 atom stereocenters. The Kier molecular flexibility index (Phi) is 3.49. The molecule has 1 saturated heterocycles. The summed E-state index contributed by atoms with van der Waals surface area (Å²) >= 11 is 0. The number of benzene rings is 1. The zero-order valence-electron chi connectivity index (χ0n) is 12.8. The minimum absolute atomic E-state index is 0.243. The highest BCUT2D eigenvalue weighted by Gasteiger charge is 2.18. The van der Waals surface area contributed by atoms with E-state index in [4.69, 9.17) is 10.8 Å². The van der Waals surface area contributed by atoms with Crippen LogP contribution in [0.25, 0.3) is 11.0 Å². The fraction of sp³-hybridized carbons (Fsp3) is 0.400. The summed E-state index contributed by atoms with van der Waals surface area (Å²) in [5, 5.41) is 9.36. The van der Waals surface area contributed by atoms with E-state index in [-0.39, 0.29) is 11.7 Å². The van der Waals surface area contributed by atoms with E-state index in [1.165, 1.54) is 0 Å². The average molecular weight is 285 g/mol.